The van der Waals surface area contributed by atoms with Crippen LogP contribution in [0.15, 0.2) is 24.5 Å². The number of rotatable bonds is 4. The Bertz CT molecular complexity index is 685. The smallest absolute Gasteiger partial charge is 0.339 e. The molecule has 2 amide bonds. The van der Waals surface area contributed by atoms with E-state index in [1.165, 1.54) is 18.5 Å². The van der Waals surface area contributed by atoms with Gasteiger partial charge in [0.15, 0.2) is 5.82 Å². The fourth-order valence-corrected chi connectivity index (χ4v) is 1.89. The number of nitrogens with zero attached hydrogens (tertiary/aromatic N) is 3. The molecular weight excluding hydrogens is 298 g/mol. The summed E-state index contributed by atoms with van der Waals surface area (Å²) in [6, 6.07) is 3.88. The number of carbonyl (C=O) groups is 2. The number of hydrogen-bond acceptors (Lipinski definition) is 4. The summed E-state index contributed by atoms with van der Waals surface area (Å²) in [5, 5.41) is 21.6. The van der Waals surface area contributed by atoms with Crippen molar-refractivity contribution in [3.63, 3.8) is 0 Å². The van der Waals surface area contributed by atoms with Gasteiger partial charge in [-0.25, -0.2) is 9.59 Å². The monoisotopic (exact) mass is 309 g/mol. The lowest BCUT2D eigenvalue weighted by Crippen LogP contribution is -2.30. The number of carboxylic acids is 1. The van der Waals surface area contributed by atoms with Gasteiger partial charge in [-0.05, 0) is 12.1 Å². The number of hydrogen-bond donors (Lipinski definition) is 3. The second-order valence-electron chi connectivity index (χ2n) is 4.13. The van der Waals surface area contributed by atoms with E-state index in [4.69, 9.17) is 16.7 Å². The van der Waals surface area contributed by atoms with Gasteiger partial charge in [0.05, 0.1) is 17.3 Å². The predicted molar refractivity (Wildman–Crippen MR) is 75.3 cm³/mol. The van der Waals surface area contributed by atoms with Gasteiger partial charge in [-0.2, -0.15) is 0 Å². The Hall–Kier alpha value is -2.61. The Balaban J connectivity index is 2.05. The van der Waals surface area contributed by atoms with Crippen molar-refractivity contribution in [1.29, 1.82) is 0 Å². The van der Waals surface area contributed by atoms with Crippen molar-refractivity contribution in [2.24, 2.45) is 7.05 Å². The maximum Gasteiger partial charge on any atom is 0.339 e. The zero-order valence-corrected chi connectivity index (χ0v) is 11.8. The first-order valence-corrected chi connectivity index (χ1v) is 6.26. The lowest BCUT2D eigenvalue weighted by atomic mass is 10.2. The summed E-state index contributed by atoms with van der Waals surface area (Å²) >= 11 is 5.81. The Morgan fingerprint density at radius 1 is 1.43 bits per heavy atom. The molecule has 0 aliphatic heterocycles. The first kappa shape index (κ1) is 14.8. The number of anilines is 1. The number of aryl methyl sites for hydroxylation is 1. The third-order valence-electron chi connectivity index (χ3n) is 2.69. The summed E-state index contributed by atoms with van der Waals surface area (Å²) in [6.07, 6.45) is 1.51. The van der Waals surface area contributed by atoms with Crippen LogP contribution >= 0.6 is 11.6 Å². The Kier molecular flexibility index (Phi) is 4.39. The van der Waals surface area contributed by atoms with Gasteiger partial charge in [-0.3, -0.25) is 0 Å². The quantitative estimate of drug-likeness (QED) is 0.792. The summed E-state index contributed by atoms with van der Waals surface area (Å²) in [4.78, 5) is 22.9. The summed E-state index contributed by atoms with van der Waals surface area (Å²) in [7, 11) is 1.74. The molecule has 0 bridgehead atoms. The molecule has 0 aliphatic rings. The molecule has 1 aromatic carbocycles. The average molecular weight is 310 g/mol. The third-order valence-corrected chi connectivity index (χ3v) is 3.00. The molecule has 110 valence electrons. The van der Waals surface area contributed by atoms with Crippen LogP contribution in [0.3, 0.4) is 0 Å². The molecule has 0 aliphatic carbocycles. The van der Waals surface area contributed by atoms with E-state index >= 15 is 0 Å². The van der Waals surface area contributed by atoms with Crippen LogP contribution in [0.1, 0.15) is 16.2 Å². The molecular formula is C12H12ClN5O3. The molecule has 0 saturated heterocycles. The number of amides is 2. The summed E-state index contributed by atoms with van der Waals surface area (Å²) < 4.78 is 1.66. The highest BCUT2D eigenvalue weighted by Crippen LogP contribution is 2.24. The SMILES string of the molecule is Cn1cnnc1CNC(=O)Nc1cccc(Cl)c1C(=O)O. The van der Waals surface area contributed by atoms with Gasteiger partial charge in [0.25, 0.3) is 0 Å². The van der Waals surface area contributed by atoms with Crippen molar-refractivity contribution in [2.45, 2.75) is 6.54 Å². The molecule has 8 nitrogen and oxygen atoms in total. The third kappa shape index (κ3) is 3.48. The van der Waals surface area contributed by atoms with Crippen LogP contribution in [0.2, 0.25) is 5.02 Å². The molecule has 0 saturated carbocycles. The molecule has 2 aromatic rings. The van der Waals surface area contributed by atoms with Gasteiger partial charge < -0.3 is 20.3 Å². The van der Waals surface area contributed by atoms with E-state index in [0.29, 0.717) is 5.82 Å². The summed E-state index contributed by atoms with van der Waals surface area (Å²) in [5.74, 6) is -0.654. The van der Waals surface area contributed by atoms with Gasteiger partial charge >= 0.3 is 12.0 Å². The van der Waals surface area contributed by atoms with Crippen LogP contribution in [0.5, 0.6) is 0 Å². The Morgan fingerprint density at radius 3 is 2.81 bits per heavy atom. The second kappa shape index (κ2) is 6.23. The van der Waals surface area contributed by atoms with E-state index in [0.717, 1.165) is 0 Å². The molecule has 0 atom stereocenters. The summed E-state index contributed by atoms with van der Waals surface area (Å²) in [6.45, 7) is 0.158. The van der Waals surface area contributed by atoms with Crippen molar-refractivity contribution < 1.29 is 14.7 Å². The molecule has 0 spiro atoms. The van der Waals surface area contributed by atoms with Crippen LogP contribution < -0.4 is 10.6 Å². The maximum absolute atomic E-state index is 11.8. The van der Waals surface area contributed by atoms with Crippen molar-refractivity contribution in [2.75, 3.05) is 5.32 Å². The van der Waals surface area contributed by atoms with Crippen molar-refractivity contribution >= 4 is 29.3 Å². The normalized spacial score (nSPS) is 10.2. The predicted octanol–water partition coefficient (Wildman–Crippen LogP) is 1.49. The van der Waals surface area contributed by atoms with Crippen LogP contribution in [-0.2, 0) is 13.6 Å². The number of carboxylic acid groups (broad SMARTS) is 1. The average Bonchev–Trinajstić information content (AvgIpc) is 2.81. The van der Waals surface area contributed by atoms with Gasteiger partial charge in [-0.15, -0.1) is 10.2 Å². The Morgan fingerprint density at radius 2 is 2.19 bits per heavy atom. The number of benzene rings is 1. The molecule has 1 heterocycles. The van der Waals surface area contributed by atoms with Crippen LogP contribution in [0.25, 0.3) is 0 Å². The van der Waals surface area contributed by atoms with E-state index in [2.05, 4.69) is 20.8 Å². The molecule has 9 heteroatoms. The lowest BCUT2D eigenvalue weighted by Gasteiger charge is -2.10. The highest BCUT2D eigenvalue weighted by Gasteiger charge is 2.16. The molecule has 0 radical (unpaired) electrons. The van der Waals surface area contributed by atoms with Gasteiger partial charge in [0, 0.05) is 7.05 Å². The standard InChI is InChI=1S/C12H12ClN5O3/c1-18-6-15-17-9(18)5-14-12(21)16-8-4-2-3-7(13)10(8)11(19)20/h2-4,6H,5H2,1H3,(H,19,20)(H2,14,16,21). The molecule has 3 N–H and O–H groups in total. The number of urea groups is 1. The first-order valence-electron chi connectivity index (χ1n) is 5.88. The topological polar surface area (TPSA) is 109 Å². The number of aromatic carboxylic acids is 1. The molecule has 1 aromatic heterocycles. The minimum Gasteiger partial charge on any atom is -0.478 e. The number of halogens is 1. The fourth-order valence-electron chi connectivity index (χ4n) is 1.64. The van der Waals surface area contributed by atoms with Crippen LogP contribution in [0, 0.1) is 0 Å². The van der Waals surface area contributed by atoms with Crippen LogP contribution in [-0.4, -0.2) is 31.9 Å². The highest BCUT2D eigenvalue weighted by atomic mass is 35.5. The number of aromatic nitrogens is 3. The number of carbonyl (C=O) groups excluding carboxylic acids is 1. The molecule has 0 fully saturated rings. The number of nitrogens with one attached hydrogen (secondary N) is 2. The van der Waals surface area contributed by atoms with E-state index in [1.54, 1.807) is 17.7 Å². The van der Waals surface area contributed by atoms with Crippen molar-refractivity contribution in [3.8, 4) is 0 Å². The lowest BCUT2D eigenvalue weighted by molar-refractivity contribution is 0.0698. The van der Waals surface area contributed by atoms with E-state index in [1.807, 2.05) is 0 Å². The van der Waals surface area contributed by atoms with Crippen LogP contribution in [0.4, 0.5) is 10.5 Å². The summed E-state index contributed by atoms with van der Waals surface area (Å²) in [5.41, 5.74) is -0.0431. The van der Waals surface area contributed by atoms with E-state index in [-0.39, 0.29) is 22.8 Å². The van der Waals surface area contributed by atoms with Crippen molar-refractivity contribution in [1.82, 2.24) is 20.1 Å². The highest BCUT2D eigenvalue weighted by molar-refractivity contribution is 6.34. The van der Waals surface area contributed by atoms with Gasteiger partial charge in [-0.1, -0.05) is 17.7 Å². The van der Waals surface area contributed by atoms with E-state index < -0.39 is 12.0 Å². The molecule has 2 rings (SSSR count). The molecule has 0 unspecified atom stereocenters. The Labute approximate surface area is 124 Å². The van der Waals surface area contributed by atoms with Crippen molar-refractivity contribution in [3.05, 3.63) is 40.9 Å². The first-order chi connectivity index (χ1) is 9.99. The maximum atomic E-state index is 11.8. The molecule has 21 heavy (non-hydrogen) atoms. The zero-order valence-electron chi connectivity index (χ0n) is 11.0. The van der Waals surface area contributed by atoms with Gasteiger partial charge in [0.2, 0.25) is 0 Å². The van der Waals surface area contributed by atoms with Gasteiger partial charge in [0.1, 0.15) is 11.9 Å². The largest absolute Gasteiger partial charge is 0.478 e. The minimum absolute atomic E-state index is 0.0496. The minimum atomic E-state index is -1.22. The second-order valence-corrected chi connectivity index (χ2v) is 4.54. The van der Waals surface area contributed by atoms with E-state index in [9.17, 15) is 9.59 Å². The zero-order chi connectivity index (χ0) is 15.4. The fraction of sp³-hybridized carbons (Fsp3) is 0.167.